The standard InChI is InChI=1S/C13H19ClN4O/c14-11-10(12(15)16)4-5-17-13(11)19-9-8-18-6-2-1-3-7-18/h4-5H,1-3,6-9H2,(H3,15,16). The fourth-order valence-corrected chi connectivity index (χ4v) is 2.46. The predicted molar refractivity (Wildman–Crippen MR) is 76.0 cm³/mol. The van der Waals surface area contributed by atoms with Crippen molar-refractivity contribution < 1.29 is 4.74 Å². The SMILES string of the molecule is N=C(N)c1ccnc(OCCN2CCCCC2)c1Cl. The van der Waals surface area contributed by atoms with Crippen LogP contribution in [0.3, 0.4) is 0 Å². The zero-order chi connectivity index (χ0) is 13.7. The fraction of sp³-hybridized carbons (Fsp3) is 0.538. The lowest BCUT2D eigenvalue weighted by atomic mass is 10.1. The van der Waals surface area contributed by atoms with Crippen LogP contribution in [0.1, 0.15) is 24.8 Å². The number of nitrogen functional groups attached to an aromatic ring is 1. The largest absolute Gasteiger partial charge is 0.475 e. The summed E-state index contributed by atoms with van der Waals surface area (Å²) in [5.41, 5.74) is 5.90. The first-order valence-corrected chi connectivity index (χ1v) is 6.90. The molecule has 1 saturated heterocycles. The number of likely N-dealkylation sites (tertiary alicyclic amines) is 1. The van der Waals surface area contributed by atoms with Gasteiger partial charge in [0.1, 0.15) is 17.5 Å². The van der Waals surface area contributed by atoms with Crippen molar-refractivity contribution in [1.29, 1.82) is 5.41 Å². The molecular weight excluding hydrogens is 264 g/mol. The summed E-state index contributed by atoms with van der Waals surface area (Å²) in [5.74, 6) is 0.277. The van der Waals surface area contributed by atoms with Gasteiger partial charge in [0, 0.05) is 18.3 Å². The van der Waals surface area contributed by atoms with Gasteiger partial charge in [-0.25, -0.2) is 4.98 Å². The molecule has 1 aromatic rings. The number of rotatable bonds is 5. The van der Waals surface area contributed by atoms with Gasteiger partial charge in [0.05, 0.1) is 0 Å². The van der Waals surface area contributed by atoms with Gasteiger partial charge in [-0.15, -0.1) is 0 Å². The van der Waals surface area contributed by atoms with E-state index in [1.807, 2.05) is 0 Å². The summed E-state index contributed by atoms with van der Waals surface area (Å²) in [6, 6.07) is 1.61. The minimum absolute atomic E-state index is 0.0757. The Hall–Kier alpha value is -1.33. The average Bonchev–Trinajstić information content (AvgIpc) is 2.41. The number of amidine groups is 1. The zero-order valence-electron chi connectivity index (χ0n) is 10.9. The van der Waals surface area contributed by atoms with Crippen LogP contribution in [0.4, 0.5) is 0 Å². The molecular formula is C13H19ClN4O. The Morgan fingerprint density at radius 2 is 2.16 bits per heavy atom. The molecule has 0 saturated carbocycles. The van der Waals surface area contributed by atoms with Crippen molar-refractivity contribution in [3.63, 3.8) is 0 Å². The Balaban J connectivity index is 1.88. The minimum atomic E-state index is -0.0757. The van der Waals surface area contributed by atoms with Crippen molar-refractivity contribution in [2.75, 3.05) is 26.2 Å². The normalized spacial score (nSPS) is 16.3. The molecule has 0 spiro atoms. The van der Waals surface area contributed by atoms with Crippen LogP contribution < -0.4 is 10.5 Å². The molecule has 104 valence electrons. The van der Waals surface area contributed by atoms with Gasteiger partial charge < -0.3 is 10.5 Å². The highest BCUT2D eigenvalue weighted by molar-refractivity contribution is 6.35. The Morgan fingerprint density at radius 1 is 1.42 bits per heavy atom. The second kappa shape index (κ2) is 6.73. The molecule has 1 aliphatic heterocycles. The number of hydrogen-bond acceptors (Lipinski definition) is 4. The molecule has 0 unspecified atom stereocenters. The van der Waals surface area contributed by atoms with Gasteiger partial charge in [-0.2, -0.15) is 0 Å². The van der Waals surface area contributed by atoms with Crippen LogP contribution in [0.2, 0.25) is 5.02 Å². The van der Waals surface area contributed by atoms with Gasteiger partial charge >= 0.3 is 0 Å². The molecule has 2 rings (SSSR count). The number of nitrogens with one attached hydrogen (secondary N) is 1. The van der Waals surface area contributed by atoms with E-state index in [-0.39, 0.29) is 5.84 Å². The quantitative estimate of drug-likeness (QED) is 0.639. The van der Waals surface area contributed by atoms with E-state index in [9.17, 15) is 0 Å². The number of pyridine rings is 1. The third kappa shape index (κ3) is 3.81. The van der Waals surface area contributed by atoms with E-state index in [0.29, 0.717) is 23.1 Å². The van der Waals surface area contributed by atoms with E-state index in [1.54, 1.807) is 12.3 Å². The van der Waals surface area contributed by atoms with Crippen molar-refractivity contribution in [2.45, 2.75) is 19.3 Å². The van der Waals surface area contributed by atoms with Gasteiger partial charge in [-0.05, 0) is 32.0 Å². The van der Waals surface area contributed by atoms with Crippen LogP contribution >= 0.6 is 11.6 Å². The van der Waals surface area contributed by atoms with E-state index in [1.165, 1.54) is 19.3 Å². The van der Waals surface area contributed by atoms with Crippen molar-refractivity contribution >= 4 is 17.4 Å². The van der Waals surface area contributed by atoms with E-state index >= 15 is 0 Å². The molecule has 0 amide bonds. The number of ether oxygens (including phenoxy) is 1. The first-order chi connectivity index (χ1) is 9.18. The van der Waals surface area contributed by atoms with E-state index in [4.69, 9.17) is 27.5 Å². The van der Waals surface area contributed by atoms with Crippen LogP contribution in [-0.4, -0.2) is 42.0 Å². The zero-order valence-corrected chi connectivity index (χ0v) is 11.6. The van der Waals surface area contributed by atoms with Crippen LogP contribution in [-0.2, 0) is 0 Å². The summed E-state index contributed by atoms with van der Waals surface area (Å²) in [7, 11) is 0. The molecule has 19 heavy (non-hydrogen) atoms. The van der Waals surface area contributed by atoms with E-state index in [0.717, 1.165) is 19.6 Å². The molecule has 1 fully saturated rings. The van der Waals surface area contributed by atoms with Gasteiger partial charge in [0.15, 0.2) is 0 Å². The molecule has 1 aliphatic rings. The number of aromatic nitrogens is 1. The van der Waals surface area contributed by atoms with Crippen LogP contribution in [0, 0.1) is 5.41 Å². The lowest BCUT2D eigenvalue weighted by Gasteiger charge is -2.26. The van der Waals surface area contributed by atoms with Gasteiger partial charge in [-0.3, -0.25) is 10.3 Å². The number of hydrogen-bond donors (Lipinski definition) is 2. The van der Waals surface area contributed by atoms with Crippen LogP contribution in [0.25, 0.3) is 0 Å². The molecule has 2 heterocycles. The summed E-state index contributed by atoms with van der Waals surface area (Å²) in [5, 5.41) is 7.73. The van der Waals surface area contributed by atoms with Crippen molar-refractivity contribution in [3.8, 4) is 5.88 Å². The molecule has 5 nitrogen and oxygen atoms in total. The predicted octanol–water partition coefficient (Wildman–Crippen LogP) is 1.88. The van der Waals surface area contributed by atoms with Gasteiger partial charge in [-0.1, -0.05) is 18.0 Å². The highest BCUT2D eigenvalue weighted by Crippen LogP contribution is 2.25. The van der Waals surface area contributed by atoms with Gasteiger partial charge in [0.2, 0.25) is 5.88 Å². The topological polar surface area (TPSA) is 75.2 Å². The third-order valence-electron chi connectivity index (χ3n) is 3.24. The fourth-order valence-electron chi connectivity index (χ4n) is 2.19. The Labute approximate surface area is 118 Å². The van der Waals surface area contributed by atoms with Gasteiger partial charge in [0.25, 0.3) is 0 Å². The molecule has 6 heteroatoms. The number of piperidine rings is 1. The highest BCUT2D eigenvalue weighted by Gasteiger charge is 2.13. The lowest BCUT2D eigenvalue weighted by Crippen LogP contribution is -2.33. The maximum atomic E-state index is 7.41. The monoisotopic (exact) mass is 282 g/mol. The maximum absolute atomic E-state index is 7.41. The lowest BCUT2D eigenvalue weighted by molar-refractivity contribution is 0.180. The summed E-state index contributed by atoms with van der Waals surface area (Å²) in [6.45, 7) is 3.70. The molecule has 0 aliphatic carbocycles. The van der Waals surface area contributed by atoms with Crippen molar-refractivity contribution in [2.24, 2.45) is 5.73 Å². The van der Waals surface area contributed by atoms with E-state index < -0.39 is 0 Å². The maximum Gasteiger partial charge on any atom is 0.233 e. The molecule has 3 N–H and O–H groups in total. The van der Waals surface area contributed by atoms with Crippen LogP contribution in [0.15, 0.2) is 12.3 Å². The Morgan fingerprint density at radius 3 is 2.84 bits per heavy atom. The Bertz CT molecular complexity index is 446. The molecule has 1 aromatic heterocycles. The number of nitrogens with two attached hydrogens (primary N) is 1. The van der Waals surface area contributed by atoms with Crippen LogP contribution in [0.5, 0.6) is 5.88 Å². The smallest absolute Gasteiger partial charge is 0.233 e. The second-order valence-corrected chi connectivity index (χ2v) is 5.02. The summed E-state index contributed by atoms with van der Waals surface area (Å²) in [6.07, 6.45) is 5.40. The molecule has 0 atom stereocenters. The number of halogens is 1. The van der Waals surface area contributed by atoms with E-state index in [2.05, 4.69) is 9.88 Å². The first kappa shape index (κ1) is 14.1. The number of nitrogens with zero attached hydrogens (tertiary/aromatic N) is 2. The Kier molecular flexibility index (Phi) is 4.99. The highest BCUT2D eigenvalue weighted by atomic mass is 35.5. The first-order valence-electron chi connectivity index (χ1n) is 6.52. The summed E-state index contributed by atoms with van der Waals surface area (Å²) >= 11 is 6.10. The minimum Gasteiger partial charge on any atom is -0.475 e. The van der Waals surface area contributed by atoms with Crippen molar-refractivity contribution in [3.05, 3.63) is 22.8 Å². The third-order valence-corrected chi connectivity index (χ3v) is 3.61. The summed E-state index contributed by atoms with van der Waals surface area (Å²) in [4.78, 5) is 6.46. The molecule has 0 aromatic carbocycles. The molecule has 0 radical (unpaired) electrons. The average molecular weight is 283 g/mol. The molecule has 0 bridgehead atoms. The second-order valence-electron chi connectivity index (χ2n) is 4.64. The summed E-state index contributed by atoms with van der Waals surface area (Å²) < 4.78 is 5.59. The van der Waals surface area contributed by atoms with Crippen molar-refractivity contribution in [1.82, 2.24) is 9.88 Å².